The van der Waals surface area contributed by atoms with Gasteiger partial charge < -0.3 is 15.0 Å². The first-order chi connectivity index (χ1) is 9.95. The Bertz CT molecular complexity index is 707. The number of rotatable bonds is 3. The van der Waals surface area contributed by atoms with Crippen LogP contribution >= 0.6 is 0 Å². The summed E-state index contributed by atoms with van der Waals surface area (Å²) in [7, 11) is 1.27. The number of benzene rings is 1. The van der Waals surface area contributed by atoms with E-state index in [-0.39, 0.29) is 11.4 Å². The average molecular weight is 290 g/mol. The first kappa shape index (κ1) is 14.8. The molecular weight excluding hydrogens is 275 g/mol. The van der Waals surface area contributed by atoms with Crippen molar-refractivity contribution < 1.29 is 18.7 Å². The standard InChI is InChI=1S/C15H15FN2O3/c1-8-12(15(20)21-3)9(2)17-13(8)14(19)18-11-7-5-4-6-10(11)16/h4-7,17H,1-3H3,(H,18,19). The Kier molecular flexibility index (Phi) is 4.07. The van der Waals surface area contributed by atoms with Crippen molar-refractivity contribution in [2.75, 3.05) is 12.4 Å². The van der Waals surface area contributed by atoms with Crippen LogP contribution in [0.4, 0.5) is 10.1 Å². The molecule has 0 saturated carbocycles. The zero-order valence-electron chi connectivity index (χ0n) is 11.9. The lowest BCUT2D eigenvalue weighted by atomic mass is 10.1. The van der Waals surface area contributed by atoms with Crippen molar-refractivity contribution in [3.63, 3.8) is 0 Å². The van der Waals surface area contributed by atoms with Gasteiger partial charge in [0.05, 0.1) is 18.4 Å². The number of nitrogens with one attached hydrogen (secondary N) is 2. The Labute approximate surface area is 121 Å². The number of carbonyl (C=O) groups excluding carboxylic acids is 2. The van der Waals surface area contributed by atoms with Gasteiger partial charge in [-0.1, -0.05) is 12.1 Å². The molecule has 110 valence electrons. The Morgan fingerprint density at radius 2 is 1.90 bits per heavy atom. The monoisotopic (exact) mass is 290 g/mol. The molecule has 2 aromatic rings. The molecule has 0 radical (unpaired) electrons. The number of esters is 1. The van der Waals surface area contributed by atoms with Crippen LogP contribution in [0.25, 0.3) is 0 Å². The van der Waals surface area contributed by atoms with E-state index >= 15 is 0 Å². The quantitative estimate of drug-likeness (QED) is 0.854. The molecule has 21 heavy (non-hydrogen) atoms. The van der Waals surface area contributed by atoms with Crippen molar-refractivity contribution in [2.24, 2.45) is 0 Å². The lowest BCUT2D eigenvalue weighted by molar-refractivity contribution is 0.0599. The summed E-state index contributed by atoms with van der Waals surface area (Å²) in [6, 6.07) is 5.86. The number of aromatic amines is 1. The van der Waals surface area contributed by atoms with E-state index in [0.717, 1.165) is 0 Å². The summed E-state index contributed by atoms with van der Waals surface area (Å²) >= 11 is 0. The summed E-state index contributed by atoms with van der Waals surface area (Å²) in [4.78, 5) is 26.7. The minimum absolute atomic E-state index is 0.0776. The van der Waals surface area contributed by atoms with Crippen LogP contribution in [0.2, 0.25) is 0 Å². The number of methoxy groups -OCH3 is 1. The van der Waals surface area contributed by atoms with Gasteiger partial charge in [-0.3, -0.25) is 4.79 Å². The van der Waals surface area contributed by atoms with Crippen molar-refractivity contribution in [1.82, 2.24) is 4.98 Å². The summed E-state index contributed by atoms with van der Waals surface area (Å²) in [5.41, 5.74) is 1.59. The molecule has 0 aliphatic rings. The van der Waals surface area contributed by atoms with E-state index < -0.39 is 17.7 Å². The number of halogens is 1. The molecule has 0 aliphatic carbocycles. The molecule has 6 heteroatoms. The van der Waals surface area contributed by atoms with Gasteiger partial charge in [0, 0.05) is 5.69 Å². The lowest BCUT2D eigenvalue weighted by Crippen LogP contribution is -2.15. The highest BCUT2D eigenvalue weighted by atomic mass is 19.1. The second-order valence-electron chi connectivity index (χ2n) is 4.55. The number of amides is 1. The summed E-state index contributed by atoms with van der Waals surface area (Å²) in [6.45, 7) is 3.30. The minimum atomic E-state index is -0.528. The predicted molar refractivity (Wildman–Crippen MR) is 76.0 cm³/mol. The molecule has 0 fully saturated rings. The van der Waals surface area contributed by atoms with Crippen LogP contribution < -0.4 is 5.32 Å². The number of hydrogen-bond donors (Lipinski definition) is 2. The maximum Gasteiger partial charge on any atom is 0.339 e. The second kappa shape index (κ2) is 5.78. The fourth-order valence-electron chi connectivity index (χ4n) is 2.13. The van der Waals surface area contributed by atoms with Crippen molar-refractivity contribution in [2.45, 2.75) is 13.8 Å². The van der Waals surface area contributed by atoms with E-state index in [1.54, 1.807) is 19.9 Å². The number of aryl methyl sites for hydroxylation is 1. The van der Waals surface area contributed by atoms with Gasteiger partial charge in [-0.25, -0.2) is 9.18 Å². The van der Waals surface area contributed by atoms with E-state index in [9.17, 15) is 14.0 Å². The third kappa shape index (κ3) is 2.79. The van der Waals surface area contributed by atoms with E-state index in [4.69, 9.17) is 0 Å². The van der Waals surface area contributed by atoms with Crippen molar-refractivity contribution in [1.29, 1.82) is 0 Å². The molecule has 2 N–H and O–H groups in total. The number of para-hydroxylation sites is 1. The molecule has 0 saturated heterocycles. The van der Waals surface area contributed by atoms with Crippen LogP contribution in [0.3, 0.4) is 0 Å². The van der Waals surface area contributed by atoms with Crippen LogP contribution in [0, 0.1) is 19.7 Å². The molecule has 5 nitrogen and oxygen atoms in total. The van der Waals surface area contributed by atoms with Crippen LogP contribution in [-0.2, 0) is 4.74 Å². The van der Waals surface area contributed by atoms with Crippen LogP contribution in [0.5, 0.6) is 0 Å². The number of H-pyrrole nitrogens is 1. The number of anilines is 1. The molecule has 0 spiro atoms. The molecule has 1 aromatic carbocycles. The largest absolute Gasteiger partial charge is 0.465 e. The average Bonchev–Trinajstić information content (AvgIpc) is 2.76. The fraction of sp³-hybridized carbons (Fsp3) is 0.200. The van der Waals surface area contributed by atoms with Crippen LogP contribution in [0.1, 0.15) is 32.1 Å². The number of ether oxygens (including phenoxy) is 1. The third-order valence-corrected chi connectivity index (χ3v) is 3.18. The highest BCUT2D eigenvalue weighted by Gasteiger charge is 2.22. The van der Waals surface area contributed by atoms with Crippen molar-refractivity contribution in [3.8, 4) is 0 Å². The van der Waals surface area contributed by atoms with Crippen molar-refractivity contribution >= 4 is 17.6 Å². The predicted octanol–water partition coefficient (Wildman–Crippen LogP) is 2.81. The normalized spacial score (nSPS) is 10.3. The number of aromatic nitrogens is 1. The highest BCUT2D eigenvalue weighted by Crippen LogP contribution is 2.21. The van der Waals surface area contributed by atoms with E-state index in [0.29, 0.717) is 16.8 Å². The highest BCUT2D eigenvalue weighted by molar-refractivity contribution is 6.06. The molecule has 2 rings (SSSR count). The second-order valence-corrected chi connectivity index (χ2v) is 4.55. The Morgan fingerprint density at radius 3 is 2.52 bits per heavy atom. The molecular formula is C15H15FN2O3. The molecule has 1 amide bonds. The third-order valence-electron chi connectivity index (χ3n) is 3.18. The van der Waals surface area contributed by atoms with Gasteiger partial charge in [0.2, 0.25) is 0 Å². The molecule has 1 aromatic heterocycles. The van der Waals surface area contributed by atoms with Crippen molar-refractivity contribution in [3.05, 3.63) is 52.6 Å². The first-order valence-electron chi connectivity index (χ1n) is 6.29. The van der Waals surface area contributed by atoms with Crippen LogP contribution in [0.15, 0.2) is 24.3 Å². The topological polar surface area (TPSA) is 71.2 Å². The Hall–Kier alpha value is -2.63. The summed E-state index contributed by atoms with van der Waals surface area (Å²) in [6.07, 6.45) is 0. The zero-order chi connectivity index (χ0) is 15.6. The molecule has 0 bridgehead atoms. The maximum atomic E-state index is 13.5. The maximum absolute atomic E-state index is 13.5. The molecule has 0 atom stereocenters. The van der Waals surface area contributed by atoms with Gasteiger partial charge in [0.15, 0.2) is 0 Å². The molecule has 0 aliphatic heterocycles. The fourth-order valence-corrected chi connectivity index (χ4v) is 2.13. The minimum Gasteiger partial charge on any atom is -0.465 e. The summed E-state index contributed by atoms with van der Waals surface area (Å²) < 4.78 is 18.2. The van der Waals surface area contributed by atoms with E-state index in [2.05, 4.69) is 15.0 Å². The van der Waals surface area contributed by atoms with E-state index in [1.807, 2.05) is 0 Å². The summed E-state index contributed by atoms with van der Waals surface area (Å²) in [5, 5.41) is 2.47. The Balaban J connectivity index is 2.33. The molecule has 1 heterocycles. The smallest absolute Gasteiger partial charge is 0.339 e. The van der Waals surface area contributed by atoms with Gasteiger partial charge in [-0.05, 0) is 31.5 Å². The van der Waals surface area contributed by atoms with Gasteiger partial charge in [0.1, 0.15) is 11.5 Å². The zero-order valence-corrected chi connectivity index (χ0v) is 11.9. The SMILES string of the molecule is COC(=O)c1c(C)[nH]c(C(=O)Nc2ccccc2F)c1C. The lowest BCUT2D eigenvalue weighted by Gasteiger charge is -2.06. The number of hydrogen-bond acceptors (Lipinski definition) is 3. The number of carbonyl (C=O) groups is 2. The summed E-state index contributed by atoms with van der Waals surface area (Å²) in [5.74, 6) is -1.57. The van der Waals surface area contributed by atoms with Gasteiger partial charge in [-0.2, -0.15) is 0 Å². The van der Waals surface area contributed by atoms with Gasteiger partial charge in [0.25, 0.3) is 5.91 Å². The van der Waals surface area contributed by atoms with E-state index in [1.165, 1.54) is 25.3 Å². The Morgan fingerprint density at radius 1 is 1.24 bits per heavy atom. The molecule has 0 unspecified atom stereocenters. The van der Waals surface area contributed by atoms with Gasteiger partial charge in [-0.15, -0.1) is 0 Å². The first-order valence-corrected chi connectivity index (χ1v) is 6.29. The van der Waals surface area contributed by atoms with Gasteiger partial charge >= 0.3 is 5.97 Å². The van der Waals surface area contributed by atoms with Crippen LogP contribution in [-0.4, -0.2) is 24.0 Å².